The maximum absolute atomic E-state index is 12.6. The van der Waals surface area contributed by atoms with Crippen molar-refractivity contribution in [3.8, 4) is 0 Å². The van der Waals surface area contributed by atoms with Gasteiger partial charge in [-0.1, -0.05) is 11.8 Å². The number of hydrogen-bond donors (Lipinski definition) is 0. The van der Waals surface area contributed by atoms with E-state index >= 15 is 0 Å². The number of hydrogen-bond acceptors (Lipinski definition) is 2. The van der Waals surface area contributed by atoms with E-state index < -0.39 is 0 Å². The standard InChI is InChI=1S/C10H11FOS/c11-8-3-5-9(6-4-8)13-10-2-1-7-12-10/h3-6,10H,1-2,7H2/t10-/m0/s1. The molecule has 3 heteroatoms. The molecule has 0 N–H and O–H groups in total. The number of halogens is 1. The molecule has 1 aliphatic rings. The molecule has 1 heterocycles. The van der Waals surface area contributed by atoms with Crippen molar-refractivity contribution in [3.05, 3.63) is 30.1 Å². The predicted octanol–water partition coefficient (Wildman–Crippen LogP) is 3.05. The Morgan fingerprint density at radius 3 is 2.69 bits per heavy atom. The summed E-state index contributed by atoms with van der Waals surface area (Å²) in [5, 5.41) is 0. The third-order valence-corrected chi connectivity index (χ3v) is 3.15. The Morgan fingerprint density at radius 1 is 1.31 bits per heavy atom. The summed E-state index contributed by atoms with van der Waals surface area (Å²) in [7, 11) is 0. The van der Waals surface area contributed by atoms with E-state index in [4.69, 9.17) is 4.74 Å². The van der Waals surface area contributed by atoms with Gasteiger partial charge in [0.1, 0.15) is 11.3 Å². The van der Waals surface area contributed by atoms with Gasteiger partial charge >= 0.3 is 0 Å². The third-order valence-electron chi connectivity index (χ3n) is 1.97. The normalized spacial score (nSPS) is 22.1. The molecule has 1 nitrogen and oxygen atoms in total. The summed E-state index contributed by atoms with van der Waals surface area (Å²) in [6, 6.07) is 6.55. The molecule has 0 aliphatic carbocycles. The van der Waals surface area contributed by atoms with Crippen LogP contribution in [0.3, 0.4) is 0 Å². The van der Waals surface area contributed by atoms with Crippen LogP contribution in [0, 0.1) is 5.82 Å². The van der Waals surface area contributed by atoms with Gasteiger partial charge in [0.05, 0.1) is 0 Å². The van der Waals surface area contributed by atoms with E-state index in [1.165, 1.54) is 12.1 Å². The predicted molar refractivity (Wildman–Crippen MR) is 51.2 cm³/mol. The first-order valence-corrected chi connectivity index (χ1v) is 5.26. The van der Waals surface area contributed by atoms with Crippen molar-refractivity contribution in [1.29, 1.82) is 0 Å². The van der Waals surface area contributed by atoms with Crippen LogP contribution in [0.2, 0.25) is 0 Å². The van der Waals surface area contributed by atoms with E-state index in [2.05, 4.69) is 0 Å². The Morgan fingerprint density at radius 2 is 2.08 bits per heavy atom. The molecule has 0 spiro atoms. The minimum absolute atomic E-state index is 0.184. The van der Waals surface area contributed by atoms with Gasteiger partial charge in [-0.2, -0.15) is 0 Å². The van der Waals surface area contributed by atoms with Crippen LogP contribution >= 0.6 is 11.8 Å². The molecule has 1 saturated heterocycles. The quantitative estimate of drug-likeness (QED) is 0.722. The summed E-state index contributed by atoms with van der Waals surface area (Å²) in [6.07, 6.45) is 2.24. The summed E-state index contributed by atoms with van der Waals surface area (Å²) < 4.78 is 18.0. The molecular formula is C10H11FOS. The zero-order valence-electron chi connectivity index (χ0n) is 7.20. The van der Waals surface area contributed by atoms with Gasteiger partial charge in [-0.25, -0.2) is 4.39 Å². The van der Waals surface area contributed by atoms with E-state index in [1.54, 1.807) is 23.9 Å². The molecule has 0 aromatic heterocycles. The summed E-state index contributed by atoms with van der Waals surface area (Å²) in [6.45, 7) is 0.860. The summed E-state index contributed by atoms with van der Waals surface area (Å²) in [5.74, 6) is -0.184. The van der Waals surface area contributed by atoms with E-state index in [9.17, 15) is 4.39 Å². The van der Waals surface area contributed by atoms with Crippen molar-refractivity contribution >= 4 is 11.8 Å². The van der Waals surface area contributed by atoms with E-state index in [1.807, 2.05) is 0 Å². The molecule has 0 amide bonds. The second-order valence-electron chi connectivity index (χ2n) is 3.01. The first-order chi connectivity index (χ1) is 6.34. The van der Waals surface area contributed by atoms with Crippen molar-refractivity contribution in [2.75, 3.05) is 6.61 Å². The van der Waals surface area contributed by atoms with Gasteiger partial charge in [-0.05, 0) is 37.1 Å². The van der Waals surface area contributed by atoms with E-state index in [0.29, 0.717) is 0 Å². The molecule has 13 heavy (non-hydrogen) atoms. The van der Waals surface area contributed by atoms with Crippen LogP contribution in [-0.4, -0.2) is 12.0 Å². The Balaban J connectivity index is 1.97. The molecule has 2 rings (SSSR count). The van der Waals surface area contributed by atoms with Crippen molar-refractivity contribution in [2.45, 2.75) is 23.2 Å². The second-order valence-corrected chi connectivity index (χ2v) is 4.25. The Bertz CT molecular complexity index is 267. The fourth-order valence-corrected chi connectivity index (χ4v) is 2.35. The van der Waals surface area contributed by atoms with E-state index in [0.717, 1.165) is 24.3 Å². The number of ether oxygens (including phenoxy) is 1. The monoisotopic (exact) mass is 198 g/mol. The van der Waals surface area contributed by atoms with Crippen molar-refractivity contribution in [3.63, 3.8) is 0 Å². The van der Waals surface area contributed by atoms with Crippen molar-refractivity contribution in [1.82, 2.24) is 0 Å². The summed E-state index contributed by atoms with van der Waals surface area (Å²) in [4.78, 5) is 1.08. The fraction of sp³-hybridized carbons (Fsp3) is 0.400. The minimum Gasteiger partial charge on any atom is -0.367 e. The average Bonchev–Trinajstić information content (AvgIpc) is 2.62. The number of rotatable bonds is 2. The van der Waals surface area contributed by atoms with Crippen LogP contribution in [0.15, 0.2) is 29.2 Å². The number of thioether (sulfide) groups is 1. The third kappa shape index (κ3) is 2.45. The van der Waals surface area contributed by atoms with Gasteiger partial charge in [0, 0.05) is 11.5 Å². The Kier molecular flexibility index (Phi) is 2.86. The van der Waals surface area contributed by atoms with Gasteiger partial charge in [-0.3, -0.25) is 0 Å². The summed E-state index contributed by atoms with van der Waals surface area (Å²) >= 11 is 1.67. The zero-order chi connectivity index (χ0) is 9.10. The van der Waals surface area contributed by atoms with Crippen LogP contribution in [-0.2, 0) is 4.74 Å². The lowest BCUT2D eigenvalue weighted by Crippen LogP contribution is -1.97. The Labute approximate surface area is 81.3 Å². The van der Waals surface area contributed by atoms with Gasteiger partial charge in [0.2, 0.25) is 0 Å². The first-order valence-electron chi connectivity index (χ1n) is 4.38. The molecule has 1 aromatic rings. The lowest BCUT2D eigenvalue weighted by Gasteiger charge is -2.07. The largest absolute Gasteiger partial charge is 0.367 e. The minimum atomic E-state index is -0.184. The van der Waals surface area contributed by atoms with Gasteiger partial charge in [-0.15, -0.1) is 0 Å². The lowest BCUT2D eigenvalue weighted by molar-refractivity contribution is 0.173. The molecule has 0 unspecified atom stereocenters. The smallest absolute Gasteiger partial charge is 0.123 e. The van der Waals surface area contributed by atoms with Gasteiger partial charge < -0.3 is 4.74 Å². The SMILES string of the molecule is Fc1ccc(S[C@H]2CCCO2)cc1. The lowest BCUT2D eigenvalue weighted by atomic mass is 10.3. The topological polar surface area (TPSA) is 9.23 Å². The second kappa shape index (κ2) is 4.11. The molecule has 0 radical (unpaired) electrons. The van der Waals surface area contributed by atoms with Gasteiger partial charge in [0.15, 0.2) is 0 Å². The van der Waals surface area contributed by atoms with Crippen LogP contribution < -0.4 is 0 Å². The summed E-state index contributed by atoms with van der Waals surface area (Å²) in [5.41, 5.74) is 0.269. The van der Waals surface area contributed by atoms with Crippen LogP contribution in [0.5, 0.6) is 0 Å². The maximum Gasteiger partial charge on any atom is 0.123 e. The highest BCUT2D eigenvalue weighted by Gasteiger charge is 2.16. The molecule has 1 fully saturated rings. The highest BCUT2D eigenvalue weighted by molar-refractivity contribution is 7.99. The molecule has 1 atom stereocenters. The fourth-order valence-electron chi connectivity index (χ4n) is 1.31. The molecule has 0 bridgehead atoms. The van der Waals surface area contributed by atoms with Crippen LogP contribution in [0.1, 0.15) is 12.8 Å². The zero-order valence-corrected chi connectivity index (χ0v) is 8.02. The van der Waals surface area contributed by atoms with Crippen molar-refractivity contribution < 1.29 is 9.13 Å². The van der Waals surface area contributed by atoms with Crippen molar-refractivity contribution in [2.24, 2.45) is 0 Å². The highest BCUT2D eigenvalue weighted by atomic mass is 32.2. The Hall–Kier alpha value is -0.540. The number of benzene rings is 1. The van der Waals surface area contributed by atoms with E-state index in [-0.39, 0.29) is 11.3 Å². The average molecular weight is 198 g/mol. The van der Waals surface area contributed by atoms with Crippen LogP contribution in [0.4, 0.5) is 4.39 Å². The molecule has 1 aliphatic heterocycles. The van der Waals surface area contributed by atoms with Crippen LogP contribution in [0.25, 0.3) is 0 Å². The van der Waals surface area contributed by atoms with Gasteiger partial charge in [0.25, 0.3) is 0 Å². The first kappa shape index (κ1) is 9.03. The molecule has 1 aromatic carbocycles. The highest BCUT2D eigenvalue weighted by Crippen LogP contribution is 2.30. The molecule has 70 valence electrons. The molecular weight excluding hydrogens is 187 g/mol. The maximum atomic E-state index is 12.6. The molecule has 0 saturated carbocycles.